The number of aryl methyl sites for hydroxylation is 2. The van der Waals surface area contributed by atoms with Crippen LogP contribution >= 0.6 is 11.3 Å². The number of hydrogen-bond donors (Lipinski definition) is 0. The molecule has 0 spiro atoms. The predicted molar refractivity (Wildman–Crippen MR) is 116 cm³/mol. The van der Waals surface area contributed by atoms with Crippen molar-refractivity contribution in [2.24, 2.45) is 0 Å². The van der Waals surface area contributed by atoms with E-state index in [9.17, 15) is 8.42 Å². The summed E-state index contributed by atoms with van der Waals surface area (Å²) in [6.45, 7) is 3.90. The van der Waals surface area contributed by atoms with Gasteiger partial charge in [-0.05, 0) is 49.6 Å². The second-order valence-corrected chi connectivity index (χ2v) is 9.71. The van der Waals surface area contributed by atoms with E-state index >= 15 is 0 Å². The maximum atomic E-state index is 13.3. The maximum absolute atomic E-state index is 13.3. The average Bonchev–Trinajstić information content (AvgIpc) is 3.37. The van der Waals surface area contributed by atoms with Crippen molar-refractivity contribution < 1.29 is 12.8 Å². The Morgan fingerprint density at radius 2 is 1.79 bits per heavy atom. The Bertz CT molecular complexity index is 1210. The number of hydrogen-bond acceptors (Lipinski definition) is 5. The molecule has 2 aromatic carbocycles. The molecule has 4 rings (SSSR count). The molecule has 2 aromatic heterocycles. The lowest BCUT2D eigenvalue weighted by Crippen LogP contribution is -2.30. The van der Waals surface area contributed by atoms with Gasteiger partial charge in [-0.15, -0.1) is 11.3 Å². The number of thiophene rings is 1. The van der Waals surface area contributed by atoms with E-state index in [4.69, 9.17) is 4.42 Å². The fourth-order valence-electron chi connectivity index (χ4n) is 3.04. The monoisotopic (exact) mass is 424 g/mol. The summed E-state index contributed by atoms with van der Waals surface area (Å²) in [5, 5.41) is 1.76. The molecule has 5 nitrogen and oxygen atoms in total. The molecule has 0 N–H and O–H groups in total. The Morgan fingerprint density at radius 3 is 2.48 bits per heavy atom. The van der Waals surface area contributed by atoms with Gasteiger partial charge in [0.2, 0.25) is 5.89 Å². The molecule has 0 atom stereocenters. The number of benzene rings is 2. The van der Waals surface area contributed by atoms with Gasteiger partial charge in [-0.3, -0.25) is 4.31 Å². The zero-order valence-corrected chi connectivity index (χ0v) is 17.7. The minimum atomic E-state index is -3.72. The summed E-state index contributed by atoms with van der Waals surface area (Å²) in [6.07, 6.45) is 0. The third kappa shape index (κ3) is 3.97. The molecule has 0 aliphatic carbocycles. The van der Waals surface area contributed by atoms with Crippen molar-refractivity contribution >= 4 is 27.0 Å². The highest BCUT2D eigenvalue weighted by molar-refractivity contribution is 7.94. The van der Waals surface area contributed by atoms with Gasteiger partial charge in [-0.2, -0.15) is 0 Å². The van der Waals surface area contributed by atoms with Gasteiger partial charge in [-0.1, -0.05) is 42.0 Å². The van der Waals surface area contributed by atoms with E-state index in [1.165, 1.54) is 15.6 Å². The molecule has 0 aliphatic heterocycles. The lowest BCUT2D eigenvalue weighted by atomic mass is 10.1. The Morgan fingerprint density at radius 1 is 1.00 bits per heavy atom. The van der Waals surface area contributed by atoms with Crippen molar-refractivity contribution in [1.82, 2.24) is 4.98 Å². The third-order valence-electron chi connectivity index (χ3n) is 4.53. The predicted octanol–water partition coefficient (Wildman–Crippen LogP) is 5.42. The average molecular weight is 425 g/mol. The zero-order chi connectivity index (χ0) is 20.4. The summed E-state index contributed by atoms with van der Waals surface area (Å²) in [6, 6.07) is 20.3. The number of para-hydroxylation sites is 1. The van der Waals surface area contributed by atoms with Gasteiger partial charge in [0.1, 0.15) is 15.7 Å². The quantitative estimate of drug-likeness (QED) is 0.415. The van der Waals surface area contributed by atoms with Gasteiger partial charge in [0.05, 0.1) is 12.2 Å². The first-order valence-corrected chi connectivity index (χ1v) is 11.4. The van der Waals surface area contributed by atoms with Crippen LogP contribution in [-0.4, -0.2) is 13.4 Å². The van der Waals surface area contributed by atoms with E-state index < -0.39 is 10.0 Å². The van der Waals surface area contributed by atoms with Gasteiger partial charge >= 0.3 is 0 Å². The maximum Gasteiger partial charge on any atom is 0.274 e. The smallest absolute Gasteiger partial charge is 0.274 e. The molecule has 0 unspecified atom stereocenters. The molecule has 0 radical (unpaired) electrons. The van der Waals surface area contributed by atoms with E-state index in [0.29, 0.717) is 27.2 Å². The minimum Gasteiger partial charge on any atom is -0.441 e. The molecule has 0 saturated carbocycles. The van der Waals surface area contributed by atoms with Crippen molar-refractivity contribution in [2.75, 3.05) is 4.31 Å². The zero-order valence-electron chi connectivity index (χ0n) is 16.1. The number of sulfonamides is 1. The Hall–Kier alpha value is -2.90. The highest BCUT2D eigenvalue weighted by atomic mass is 32.2. The molecule has 7 heteroatoms. The van der Waals surface area contributed by atoms with Gasteiger partial charge in [0, 0.05) is 5.56 Å². The van der Waals surface area contributed by atoms with Gasteiger partial charge in [0.25, 0.3) is 10.0 Å². The number of aromatic nitrogens is 1. The first-order valence-electron chi connectivity index (χ1n) is 9.10. The molecule has 4 aromatic rings. The molecule has 2 heterocycles. The molecule has 0 fully saturated rings. The van der Waals surface area contributed by atoms with Crippen LogP contribution in [0.2, 0.25) is 0 Å². The molecule has 148 valence electrons. The number of rotatable bonds is 6. The number of oxazole rings is 1. The summed E-state index contributed by atoms with van der Waals surface area (Å²) in [4.78, 5) is 4.61. The highest BCUT2D eigenvalue weighted by Gasteiger charge is 2.28. The molecule has 29 heavy (non-hydrogen) atoms. The Labute approximate surface area is 174 Å². The van der Waals surface area contributed by atoms with Crippen LogP contribution in [0.5, 0.6) is 0 Å². The van der Waals surface area contributed by atoms with Crippen LogP contribution in [0.1, 0.15) is 17.0 Å². The summed E-state index contributed by atoms with van der Waals surface area (Å²) in [7, 11) is -3.72. The first-order chi connectivity index (χ1) is 13.9. The van der Waals surface area contributed by atoms with Crippen LogP contribution in [-0.2, 0) is 16.6 Å². The molecule has 0 saturated heterocycles. The molecule has 0 aliphatic rings. The van der Waals surface area contributed by atoms with Crippen LogP contribution in [0.4, 0.5) is 5.69 Å². The standard InChI is InChI=1S/C22H20N2O3S2/c1-16-8-6-9-18(14-16)22-23-20(17(2)27-22)15-24(19-10-4-3-5-11-19)29(25,26)21-12-7-13-28-21/h3-14H,15H2,1-2H3. The van der Waals surface area contributed by atoms with E-state index in [0.717, 1.165) is 11.1 Å². The van der Waals surface area contributed by atoms with E-state index in [1.54, 1.807) is 29.6 Å². The Kier molecular flexibility index (Phi) is 5.25. The minimum absolute atomic E-state index is 0.0887. The van der Waals surface area contributed by atoms with Crippen molar-refractivity contribution in [3.63, 3.8) is 0 Å². The van der Waals surface area contributed by atoms with Gasteiger partial charge in [0.15, 0.2) is 0 Å². The largest absolute Gasteiger partial charge is 0.441 e. The van der Waals surface area contributed by atoms with Crippen LogP contribution in [0.25, 0.3) is 11.5 Å². The lowest BCUT2D eigenvalue weighted by Gasteiger charge is -2.23. The van der Waals surface area contributed by atoms with Gasteiger partial charge in [-0.25, -0.2) is 13.4 Å². The van der Waals surface area contributed by atoms with Crippen molar-refractivity contribution in [3.05, 3.63) is 89.1 Å². The first kappa shape index (κ1) is 19.4. The van der Waals surface area contributed by atoms with E-state index in [-0.39, 0.29) is 6.54 Å². The second kappa shape index (κ2) is 7.85. The number of anilines is 1. The number of nitrogens with zero attached hydrogens (tertiary/aromatic N) is 2. The highest BCUT2D eigenvalue weighted by Crippen LogP contribution is 2.30. The van der Waals surface area contributed by atoms with Crippen LogP contribution in [0.15, 0.2) is 80.7 Å². The topological polar surface area (TPSA) is 63.4 Å². The lowest BCUT2D eigenvalue weighted by molar-refractivity contribution is 0.539. The fraction of sp³-hybridized carbons (Fsp3) is 0.136. The molecular weight excluding hydrogens is 404 g/mol. The summed E-state index contributed by atoms with van der Waals surface area (Å²) in [5.41, 5.74) is 3.14. The Balaban J connectivity index is 1.74. The van der Waals surface area contributed by atoms with Crippen LogP contribution in [0, 0.1) is 13.8 Å². The van der Waals surface area contributed by atoms with Crippen molar-refractivity contribution in [1.29, 1.82) is 0 Å². The van der Waals surface area contributed by atoms with Crippen LogP contribution in [0.3, 0.4) is 0 Å². The molecule has 0 amide bonds. The van der Waals surface area contributed by atoms with Crippen molar-refractivity contribution in [2.45, 2.75) is 24.6 Å². The fourth-order valence-corrected chi connectivity index (χ4v) is 5.57. The SMILES string of the molecule is Cc1cccc(-c2nc(CN(c3ccccc3)S(=O)(=O)c3cccs3)c(C)o2)c1. The van der Waals surface area contributed by atoms with Crippen LogP contribution < -0.4 is 4.31 Å². The van der Waals surface area contributed by atoms with E-state index in [2.05, 4.69) is 4.98 Å². The normalized spacial score (nSPS) is 11.5. The summed E-state index contributed by atoms with van der Waals surface area (Å²) >= 11 is 1.20. The second-order valence-electron chi connectivity index (χ2n) is 6.67. The molecular formula is C22H20N2O3S2. The van der Waals surface area contributed by atoms with Gasteiger partial charge < -0.3 is 4.42 Å². The summed E-state index contributed by atoms with van der Waals surface area (Å²) in [5.74, 6) is 1.09. The van der Waals surface area contributed by atoms with E-state index in [1.807, 2.05) is 56.3 Å². The van der Waals surface area contributed by atoms with Crippen molar-refractivity contribution in [3.8, 4) is 11.5 Å². The molecule has 0 bridgehead atoms. The summed E-state index contributed by atoms with van der Waals surface area (Å²) < 4.78 is 34.2. The third-order valence-corrected chi connectivity index (χ3v) is 7.68.